The summed E-state index contributed by atoms with van der Waals surface area (Å²) in [4.78, 5) is 25.6. The molecule has 4 aliphatic heterocycles. The van der Waals surface area contributed by atoms with Crippen LogP contribution >= 0.6 is 0 Å². The van der Waals surface area contributed by atoms with Crippen LogP contribution in [0.5, 0.6) is 0 Å². The zero-order chi connectivity index (χ0) is 36.9. The maximum absolute atomic E-state index is 16.2. The molecule has 0 radical (unpaired) electrons. The van der Waals surface area contributed by atoms with Gasteiger partial charge in [0.2, 0.25) is 6.41 Å². The molecule has 13 heteroatoms. The number of H-pyrrole nitrogens is 1. The minimum Gasteiger partial charge on any atom is -0.384 e. The van der Waals surface area contributed by atoms with Crippen molar-refractivity contribution < 1.29 is 22.7 Å². The largest absolute Gasteiger partial charge is 0.384 e. The Hall–Kier alpha value is -4.07. The van der Waals surface area contributed by atoms with Gasteiger partial charge in [0.05, 0.1) is 43.8 Å². The fraction of sp³-hybridized carbons (Fsp3) is 0.500. The van der Waals surface area contributed by atoms with Crippen LogP contribution in [0.4, 0.5) is 30.2 Å². The number of halogens is 3. The van der Waals surface area contributed by atoms with Gasteiger partial charge in [0.25, 0.3) is 0 Å². The Kier molecular flexibility index (Phi) is 9.92. The van der Waals surface area contributed by atoms with E-state index < -0.39 is 25.8 Å². The number of nitrogens with one attached hydrogen (secondary N) is 3. The molecule has 5 heterocycles. The van der Waals surface area contributed by atoms with Crippen molar-refractivity contribution in [1.29, 1.82) is 0 Å². The summed E-state index contributed by atoms with van der Waals surface area (Å²) in [5, 5.41) is 6.40. The van der Waals surface area contributed by atoms with E-state index in [1.165, 1.54) is 18.2 Å². The van der Waals surface area contributed by atoms with Crippen LogP contribution in [-0.2, 0) is 9.53 Å². The van der Waals surface area contributed by atoms with Crippen molar-refractivity contribution >= 4 is 42.6 Å². The number of carbonyl (C=O) groups excluding carboxylic acids is 1. The first-order valence-electron chi connectivity index (χ1n) is 19.1. The van der Waals surface area contributed by atoms with Gasteiger partial charge in [-0.15, -0.1) is 0 Å². The number of carbonyl (C=O) groups is 1. The molecule has 4 saturated heterocycles. The average molecular weight is 746 g/mol. The van der Waals surface area contributed by atoms with Crippen molar-refractivity contribution in [1.82, 2.24) is 20.6 Å². The summed E-state index contributed by atoms with van der Waals surface area (Å²) < 4.78 is 54.1. The van der Waals surface area contributed by atoms with Crippen LogP contribution in [0.25, 0.3) is 11.0 Å². The van der Waals surface area contributed by atoms with E-state index in [4.69, 9.17) is 9.72 Å². The lowest BCUT2D eigenvalue weighted by Gasteiger charge is -2.38. The number of methoxy groups -OCH3 is 1. The molecule has 5 atom stereocenters. The Morgan fingerprint density at radius 1 is 0.962 bits per heavy atom. The van der Waals surface area contributed by atoms with Gasteiger partial charge < -0.3 is 35.1 Å². The molecule has 0 aliphatic carbocycles. The van der Waals surface area contributed by atoms with E-state index in [2.05, 4.69) is 33.6 Å². The maximum atomic E-state index is 16.2. The molecule has 1 aromatic heterocycles. The third-order valence-electron chi connectivity index (χ3n) is 12.1. The van der Waals surface area contributed by atoms with Crippen LogP contribution < -0.4 is 25.3 Å². The van der Waals surface area contributed by atoms with Crippen molar-refractivity contribution in [3.05, 3.63) is 82.9 Å². The van der Waals surface area contributed by atoms with Crippen molar-refractivity contribution in [3.8, 4) is 0 Å². The summed E-state index contributed by atoms with van der Waals surface area (Å²) in [5.74, 6) is -0.481. The van der Waals surface area contributed by atoms with E-state index in [9.17, 15) is 4.79 Å². The molecule has 4 aromatic rings. The van der Waals surface area contributed by atoms with E-state index in [0.717, 1.165) is 73.4 Å². The van der Waals surface area contributed by atoms with Gasteiger partial charge in [-0.2, -0.15) is 0 Å². The number of amides is 1. The number of aromatic nitrogens is 2. The predicted octanol–water partition coefficient (Wildman–Crippen LogP) is 7.56. The highest BCUT2D eigenvalue weighted by atomic mass is 28.3. The molecule has 3 N–H and O–H groups in total. The molecule has 0 bridgehead atoms. The molecule has 282 valence electrons. The molecule has 1 amide bonds. The van der Waals surface area contributed by atoms with Crippen LogP contribution in [-0.4, -0.2) is 70.5 Å². The predicted molar refractivity (Wildman–Crippen MR) is 206 cm³/mol. The Balaban J connectivity index is 1.15. The molecule has 0 unspecified atom stereocenters. The van der Waals surface area contributed by atoms with Crippen molar-refractivity contribution in [2.24, 2.45) is 5.92 Å². The smallest absolute Gasteiger partial charge is 0.208 e. The first-order chi connectivity index (χ1) is 25.6. The fourth-order valence-electron chi connectivity index (χ4n) is 9.24. The number of hydrogen-bond acceptors (Lipinski definition) is 7. The summed E-state index contributed by atoms with van der Waals surface area (Å²) in [7, 11) is 0.332. The normalized spacial score (nSPS) is 25.8. The minimum atomic E-state index is -1.35. The first kappa shape index (κ1) is 35.9. The summed E-state index contributed by atoms with van der Waals surface area (Å²) in [6.07, 6.45) is 4.65. The second-order valence-corrected chi connectivity index (χ2v) is 21.5. The lowest BCUT2D eigenvalue weighted by molar-refractivity contribution is -0.110. The molecule has 0 spiro atoms. The second kappa shape index (κ2) is 14.6. The Morgan fingerprint density at radius 2 is 1.70 bits per heavy atom. The molecule has 53 heavy (non-hydrogen) atoms. The van der Waals surface area contributed by atoms with Gasteiger partial charge in [0, 0.05) is 55.7 Å². The first-order valence-corrected chi connectivity index (χ1v) is 22.5. The van der Waals surface area contributed by atoms with E-state index in [-0.39, 0.29) is 35.7 Å². The number of hydrogen-bond donors (Lipinski definition) is 3. The molecule has 4 fully saturated rings. The number of aromatic amines is 1. The summed E-state index contributed by atoms with van der Waals surface area (Å²) >= 11 is 0. The standard InChI is InChI=1S/C40H50F3N7O2Si/c1-52-23-25-17-38(45-24-51)49(22-25)27-8-6-26(7-9-27)36-10-11-37(29-20-34-35(21-30(29)41)47-40(46-34)33-5-4-12-44-33)50(36)28-18-31(42)39(32(43)19-28)48-13-15-53(2,3)16-14-48/h6-9,18-21,24-25,33,36-38,44H,4-5,10-17,22-23H2,1-3H3,(H,45,51)(H,46,47)/t25-,33-,36+,37+,38-/m0/s1. The van der Waals surface area contributed by atoms with Crippen LogP contribution in [0.15, 0.2) is 48.5 Å². The van der Waals surface area contributed by atoms with Gasteiger partial charge in [-0.1, -0.05) is 25.2 Å². The van der Waals surface area contributed by atoms with Crippen LogP contribution in [0, 0.1) is 23.4 Å². The Bertz CT molecular complexity index is 1920. The zero-order valence-electron chi connectivity index (χ0n) is 30.8. The highest BCUT2D eigenvalue weighted by Gasteiger charge is 2.39. The van der Waals surface area contributed by atoms with Gasteiger partial charge in [0.15, 0.2) is 11.6 Å². The van der Waals surface area contributed by atoms with Gasteiger partial charge in [-0.3, -0.25) is 4.79 Å². The summed E-state index contributed by atoms with van der Waals surface area (Å²) in [6, 6.07) is 15.7. The van der Waals surface area contributed by atoms with Crippen molar-refractivity contribution in [2.45, 2.75) is 81.6 Å². The van der Waals surface area contributed by atoms with E-state index in [1.54, 1.807) is 7.11 Å². The lowest BCUT2D eigenvalue weighted by Crippen LogP contribution is -2.43. The summed E-state index contributed by atoms with van der Waals surface area (Å²) in [6.45, 7) is 8.22. The second-order valence-electron chi connectivity index (χ2n) is 16.2. The third-order valence-corrected chi connectivity index (χ3v) is 15.3. The van der Waals surface area contributed by atoms with Crippen LogP contribution in [0.2, 0.25) is 25.2 Å². The van der Waals surface area contributed by atoms with Crippen molar-refractivity contribution in [2.75, 3.05) is 54.6 Å². The molecular weight excluding hydrogens is 696 g/mol. The lowest BCUT2D eigenvalue weighted by atomic mass is 10.0. The summed E-state index contributed by atoms with van der Waals surface area (Å²) in [5.41, 5.74) is 4.15. The number of ether oxygens (including phenoxy) is 1. The highest BCUT2D eigenvalue weighted by molar-refractivity contribution is 6.77. The van der Waals surface area contributed by atoms with Gasteiger partial charge in [-0.05, 0) is 86.6 Å². The number of rotatable bonds is 10. The number of nitrogens with zero attached hydrogens (tertiary/aromatic N) is 4. The number of imidazole rings is 1. The number of fused-ring (bicyclic) bond motifs is 1. The Labute approximate surface area is 310 Å². The fourth-order valence-corrected chi connectivity index (χ4v) is 11.2. The molecule has 8 rings (SSSR count). The topological polar surface area (TPSA) is 88.8 Å². The van der Waals surface area contributed by atoms with Crippen molar-refractivity contribution in [3.63, 3.8) is 0 Å². The van der Waals surface area contributed by atoms with Gasteiger partial charge in [0.1, 0.15) is 23.5 Å². The minimum absolute atomic E-state index is 0.0314. The van der Waals surface area contributed by atoms with Crippen LogP contribution in [0.3, 0.4) is 0 Å². The molecule has 3 aromatic carbocycles. The number of benzene rings is 3. The van der Waals surface area contributed by atoms with E-state index in [0.29, 0.717) is 49.3 Å². The quantitative estimate of drug-likeness (QED) is 0.114. The average Bonchev–Trinajstić information content (AvgIpc) is 3.95. The third kappa shape index (κ3) is 7.03. The maximum Gasteiger partial charge on any atom is 0.208 e. The van der Waals surface area contributed by atoms with E-state index >= 15 is 13.2 Å². The monoisotopic (exact) mass is 745 g/mol. The highest BCUT2D eigenvalue weighted by Crippen LogP contribution is 2.49. The van der Waals surface area contributed by atoms with Crippen LogP contribution in [0.1, 0.15) is 67.2 Å². The molecule has 9 nitrogen and oxygen atoms in total. The Morgan fingerprint density at radius 3 is 2.38 bits per heavy atom. The molecule has 0 saturated carbocycles. The zero-order valence-corrected chi connectivity index (χ0v) is 31.8. The van der Waals surface area contributed by atoms with Gasteiger partial charge >= 0.3 is 0 Å². The molecular formula is C40H50F3N7O2Si. The van der Waals surface area contributed by atoms with Gasteiger partial charge in [-0.25, -0.2) is 18.2 Å². The molecule has 4 aliphatic rings. The van der Waals surface area contributed by atoms with E-state index in [1.807, 2.05) is 40.1 Å². The number of anilines is 3. The SMILES string of the molecule is COC[C@H]1C[C@@H](NC=O)N(c2ccc([C@H]3CC[C@H](c4cc5[nH]c([C@@H]6CCCN6)nc5cc4F)N3c3cc(F)c(N4CC[Si](C)(C)CC4)c(F)c3)cc2)C1.